The summed E-state index contributed by atoms with van der Waals surface area (Å²) < 4.78 is 10.7. The van der Waals surface area contributed by atoms with Gasteiger partial charge >= 0.3 is 0 Å². The minimum absolute atomic E-state index is 0.0865. The van der Waals surface area contributed by atoms with Gasteiger partial charge in [0, 0.05) is 35.6 Å². The third-order valence-electron chi connectivity index (χ3n) is 4.31. The third-order valence-corrected chi connectivity index (χ3v) is 4.31. The van der Waals surface area contributed by atoms with E-state index in [9.17, 15) is 5.26 Å². The fraction of sp³-hybridized carbons (Fsp3) is 0.250. The highest BCUT2D eigenvalue weighted by atomic mass is 16.5. The van der Waals surface area contributed by atoms with Crippen LogP contribution in [-0.4, -0.2) is 39.3 Å². The lowest BCUT2D eigenvalue weighted by Crippen LogP contribution is -2.04. The molecule has 3 aromatic heterocycles. The van der Waals surface area contributed by atoms with Crippen LogP contribution < -0.4 is 9.47 Å². The topological polar surface area (TPSA) is 114 Å². The molecule has 0 aliphatic carbocycles. The van der Waals surface area contributed by atoms with E-state index in [-0.39, 0.29) is 18.2 Å². The van der Waals surface area contributed by atoms with Gasteiger partial charge in [-0.2, -0.15) is 5.26 Å². The Labute approximate surface area is 162 Å². The first-order valence-electron chi connectivity index (χ1n) is 8.52. The Bertz CT molecular complexity index is 1020. The summed E-state index contributed by atoms with van der Waals surface area (Å²) in [5, 5.41) is 18.3. The van der Waals surface area contributed by atoms with Crippen molar-refractivity contribution < 1.29 is 14.6 Å². The molecule has 3 rings (SSSR count). The minimum atomic E-state index is -0.204. The molecule has 3 aromatic rings. The average molecular weight is 377 g/mol. The van der Waals surface area contributed by atoms with Gasteiger partial charge in [0.05, 0.1) is 14.2 Å². The number of aliphatic hydroxyl groups is 1. The van der Waals surface area contributed by atoms with Crippen LogP contribution in [0.25, 0.3) is 11.3 Å². The van der Waals surface area contributed by atoms with Crippen molar-refractivity contribution in [2.24, 2.45) is 0 Å². The van der Waals surface area contributed by atoms with Crippen LogP contribution in [0.3, 0.4) is 0 Å². The van der Waals surface area contributed by atoms with Crippen LogP contribution in [0.15, 0.2) is 36.7 Å². The maximum atomic E-state index is 9.24. The van der Waals surface area contributed by atoms with Gasteiger partial charge in [-0.1, -0.05) is 6.92 Å². The van der Waals surface area contributed by atoms with E-state index in [0.29, 0.717) is 28.7 Å². The molecule has 142 valence electrons. The molecule has 0 aliphatic rings. The molecule has 3 heterocycles. The number of aromatic nitrogens is 4. The van der Waals surface area contributed by atoms with Crippen molar-refractivity contribution in [1.82, 2.24) is 19.9 Å². The van der Waals surface area contributed by atoms with Crippen molar-refractivity contribution in [2.75, 3.05) is 14.2 Å². The summed E-state index contributed by atoms with van der Waals surface area (Å²) in [7, 11) is 3.06. The summed E-state index contributed by atoms with van der Waals surface area (Å²) in [6.45, 7) is 1.79. The van der Waals surface area contributed by atoms with Crippen molar-refractivity contribution in [1.29, 1.82) is 5.26 Å². The maximum Gasteiger partial charge on any atom is 0.214 e. The van der Waals surface area contributed by atoms with E-state index < -0.39 is 0 Å². The van der Waals surface area contributed by atoms with Gasteiger partial charge < -0.3 is 14.6 Å². The van der Waals surface area contributed by atoms with Crippen molar-refractivity contribution in [3.05, 3.63) is 59.4 Å². The second-order valence-electron chi connectivity index (χ2n) is 5.99. The lowest BCUT2D eigenvalue weighted by Gasteiger charge is -2.15. The second-order valence-corrected chi connectivity index (χ2v) is 5.99. The average Bonchev–Trinajstić information content (AvgIpc) is 2.77. The van der Waals surface area contributed by atoms with E-state index >= 15 is 0 Å². The first-order chi connectivity index (χ1) is 13.6. The molecule has 8 nitrogen and oxygen atoms in total. The first kappa shape index (κ1) is 19.2. The third kappa shape index (κ3) is 3.89. The normalized spacial score (nSPS) is 11.5. The van der Waals surface area contributed by atoms with Gasteiger partial charge in [0.1, 0.15) is 29.8 Å². The number of hydrogen-bond acceptors (Lipinski definition) is 8. The zero-order valence-corrected chi connectivity index (χ0v) is 15.7. The summed E-state index contributed by atoms with van der Waals surface area (Å²) >= 11 is 0. The Kier molecular flexibility index (Phi) is 5.77. The maximum absolute atomic E-state index is 9.24. The van der Waals surface area contributed by atoms with E-state index in [0.717, 1.165) is 11.3 Å². The molecule has 8 heteroatoms. The van der Waals surface area contributed by atoms with E-state index in [1.165, 1.54) is 7.11 Å². The van der Waals surface area contributed by atoms with Gasteiger partial charge in [0.2, 0.25) is 5.88 Å². The number of nitrogens with zero attached hydrogens (tertiary/aromatic N) is 5. The summed E-state index contributed by atoms with van der Waals surface area (Å²) in [6, 6.07) is 9.08. The molecule has 28 heavy (non-hydrogen) atoms. The quantitative estimate of drug-likeness (QED) is 0.697. The lowest BCUT2D eigenvalue weighted by molar-refractivity contribution is 0.271. The molecule has 0 spiro atoms. The van der Waals surface area contributed by atoms with Crippen molar-refractivity contribution >= 4 is 0 Å². The molecule has 1 atom stereocenters. The number of ether oxygens (including phenoxy) is 2. The molecule has 0 amide bonds. The van der Waals surface area contributed by atoms with Crippen LogP contribution >= 0.6 is 0 Å². The van der Waals surface area contributed by atoms with E-state index in [1.54, 1.807) is 31.6 Å². The fourth-order valence-corrected chi connectivity index (χ4v) is 2.72. The number of nitriles is 1. The van der Waals surface area contributed by atoms with Crippen LogP contribution in [0.1, 0.15) is 35.6 Å². The molecule has 0 saturated heterocycles. The Balaban J connectivity index is 2.06. The van der Waals surface area contributed by atoms with E-state index in [1.807, 2.05) is 25.1 Å². The minimum Gasteiger partial charge on any atom is -0.494 e. The molecule has 1 unspecified atom stereocenters. The molecular weight excluding hydrogens is 358 g/mol. The summed E-state index contributed by atoms with van der Waals surface area (Å²) in [6.07, 6.45) is 3.36. The van der Waals surface area contributed by atoms with Gasteiger partial charge in [-0.3, -0.25) is 0 Å². The van der Waals surface area contributed by atoms with Crippen molar-refractivity contribution in [3.8, 4) is 29.0 Å². The lowest BCUT2D eigenvalue weighted by atomic mass is 9.99. The van der Waals surface area contributed by atoms with Gasteiger partial charge in [-0.05, 0) is 23.8 Å². The van der Waals surface area contributed by atoms with Crippen LogP contribution in [0.2, 0.25) is 0 Å². The highest BCUT2D eigenvalue weighted by Gasteiger charge is 2.17. The van der Waals surface area contributed by atoms with Gasteiger partial charge in [-0.25, -0.2) is 19.9 Å². The summed E-state index contributed by atoms with van der Waals surface area (Å²) in [5.74, 6) is 1.17. The highest BCUT2D eigenvalue weighted by Crippen LogP contribution is 2.33. The Morgan fingerprint density at radius 3 is 2.46 bits per heavy atom. The predicted molar refractivity (Wildman–Crippen MR) is 101 cm³/mol. The van der Waals surface area contributed by atoms with Crippen molar-refractivity contribution in [3.63, 3.8) is 0 Å². The molecule has 0 fully saturated rings. The molecule has 0 aromatic carbocycles. The molecule has 1 N–H and O–H groups in total. The van der Waals surface area contributed by atoms with Gasteiger partial charge in [0.15, 0.2) is 5.82 Å². The SMILES string of the molecule is COc1cc(-c2nc(C(C)c3cnc(CO)nc3)ccc2OC)cc(C#N)n1. The van der Waals surface area contributed by atoms with E-state index in [2.05, 4.69) is 15.0 Å². The number of aliphatic hydroxyl groups excluding tert-OH is 1. The fourth-order valence-electron chi connectivity index (χ4n) is 2.72. The van der Waals surface area contributed by atoms with Crippen LogP contribution in [0, 0.1) is 11.3 Å². The zero-order chi connectivity index (χ0) is 20.1. The smallest absolute Gasteiger partial charge is 0.214 e. The zero-order valence-electron chi connectivity index (χ0n) is 15.7. The van der Waals surface area contributed by atoms with Gasteiger partial charge in [-0.15, -0.1) is 0 Å². The first-order valence-corrected chi connectivity index (χ1v) is 8.52. The number of rotatable bonds is 6. The Morgan fingerprint density at radius 1 is 1.11 bits per heavy atom. The predicted octanol–water partition coefficient (Wildman–Crippen LogP) is 2.47. The molecule has 0 radical (unpaired) electrons. The number of methoxy groups -OCH3 is 2. The number of pyridine rings is 2. The monoisotopic (exact) mass is 377 g/mol. The molecular formula is C20H19N5O3. The number of hydrogen-bond donors (Lipinski definition) is 1. The van der Waals surface area contributed by atoms with Gasteiger partial charge in [0.25, 0.3) is 0 Å². The Morgan fingerprint density at radius 2 is 1.86 bits per heavy atom. The molecule has 0 saturated carbocycles. The second kappa shape index (κ2) is 8.41. The molecule has 0 bridgehead atoms. The largest absolute Gasteiger partial charge is 0.494 e. The standard InChI is InChI=1S/C20H19N5O3/c1-12(14-9-22-18(11-26)23-10-14)16-4-5-17(27-2)20(25-16)13-6-15(8-21)24-19(7-13)28-3/h4-7,9-10,12,26H,11H2,1-3H3. The van der Waals surface area contributed by atoms with Crippen LogP contribution in [-0.2, 0) is 6.61 Å². The molecule has 0 aliphatic heterocycles. The summed E-state index contributed by atoms with van der Waals surface area (Å²) in [5.41, 5.74) is 3.12. The highest BCUT2D eigenvalue weighted by molar-refractivity contribution is 5.68. The Hall–Kier alpha value is -3.57. The van der Waals surface area contributed by atoms with Crippen LogP contribution in [0.4, 0.5) is 0 Å². The van der Waals surface area contributed by atoms with Crippen LogP contribution in [0.5, 0.6) is 11.6 Å². The van der Waals surface area contributed by atoms with Crippen molar-refractivity contribution in [2.45, 2.75) is 19.4 Å². The summed E-state index contributed by atoms with van der Waals surface area (Å²) in [4.78, 5) is 17.1. The van der Waals surface area contributed by atoms with E-state index in [4.69, 9.17) is 19.6 Å².